The molecule has 1 fully saturated rings. The molecule has 2 aromatic heterocycles. The lowest BCUT2D eigenvalue weighted by molar-refractivity contribution is -0.120. The number of amides is 1. The van der Waals surface area contributed by atoms with Crippen LogP contribution in [-0.4, -0.2) is 49.0 Å². The number of ether oxygens (including phenoxy) is 1. The quantitative estimate of drug-likeness (QED) is 0.579. The van der Waals surface area contributed by atoms with Gasteiger partial charge in [-0.25, -0.2) is 8.42 Å². The summed E-state index contributed by atoms with van der Waals surface area (Å²) in [4.78, 5) is 18.5. The van der Waals surface area contributed by atoms with Crippen LogP contribution in [0.15, 0.2) is 39.8 Å². The number of methoxy groups -OCH3 is 1. The van der Waals surface area contributed by atoms with E-state index in [0.717, 1.165) is 0 Å². The molecule has 0 aliphatic carbocycles. The van der Waals surface area contributed by atoms with Crippen molar-refractivity contribution in [1.82, 2.24) is 14.4 Å². The van der Waals surface area contributed by atoms with Crippen LogP contribution < -0.4 is 10.1 Å². The first kappa shape index (κ1) is 22.4. The van der Waals surface area contributed by atoms with Crippen LogP contribution in [0.4, 0.5) is 5.69 Å². The minimum Gasteiger partial charge on any atom is -0.497 e. The highest BCUT2D eigenvalue weighted by Crippen LogP contribution is 2.35. The molecule has 0 saturated carbocycles. The van der Waals surface area contributed by atoms with Crippen LogP contribution in [0.25, 0.3) is 10.7 Å². The smallest absolute Gasteiger partial charge is 0.244 e. The number of anilines is 1. The number of hydrogen-bond donors (Lipinski definition) is 1. The summed E-state index contributed by atoms with van der Waals surface area (Å²) in [5.41, 5.74) is 0.643. The molecule has 170 valence electrons. The maximum Gasteiger partial charge on any atom is 0.244 e. The maximum atomic E-state index is 13.4. The average molecular weight is 477 g/mol. The first-order valence-corrected chi connectivity index (χ1v) is 12.4. The second-order valence-electron chi connectivity index (χ2n) is 7.59. The number of benzene rings is 1. The summed E-state index contributed by atoms with van der Waals surface area (Å²) < 4.78 is 38.3. The first-order chi connectivity index (χ1) is 15.3. The Balaban J connectivity index is 1.49. The Bertz CT molecular complexity index is 1220. The van der Waals surface area contributed by atoms with Crippen LogP contribution in [-0.2, 0) is 14.8 Å². The monoisotopic (exact) mass is 476 g/mol. The molecule has 9 nitrogen and oxygen atoms in total. The Morgan fingerprint density at radius 2 is 2.03 bits per heavy atom. The van der Waals surface area contributed by atoms with Gasteiger partial charge in [0.15, 0.2) is 0 Å². The van der Waals surface area contributed by atoms with Gasteiger partial charge in [0.25, 0.3) is 0 Å². The Kier molecular flexibility index (Phi) is 6.31. The van der Waals surface area contributed by atoms with Crippen molar-refractivity contribution in [3.63, 3.8) is 0 Å². The van der Waals surface area contributed by atoms with E-state index < -0.39 is 15.9 Å². The molecule has 1 aliphatic rings. The number of sulfonamides is 1. The fraction of sp³-hybridized carbons (Fsp3) is 0.381. The number of nitrogens with zero attached hydrogens (tertiary/aromatic N) is 3. The summed E-state index contributed by atoms with van der Waals surface area (Å²) in [5, 5.41) is 6.75. The molecule has 1 aromatic carbocycles. The molecule has 32 heavy (non-hydrogen) atoms. The highest BCUT2D eigenvalue weighted by molar-refractivity contribution is 7.89. The molecule has 0 unspecified atom stereocenters. The fourth-order valence-electron chi connectivity index (χ4n) is 3.66. The molecule has 3 heterocycles. The van der Waals surface area contributed by atoms with Gasteiger partial charge in [-0.2, -0.15) is 9.29 Å². The van der Waals surface area contributed by atoms with Crippen LogP contribution in [0.5, 0.6) is 5.75 Å². The SMILES string of the molecule is COc1ccc(NC(=O)[C@H]2CCCN(S(=O)(=O)c3cc(-c4noc(C)n4)sc3C)C2)cc1. The minimum absolute atomic E-state index is 0.135. The number of thiophene rings is 1. The van der Waals surface area contributed by atoms with E-state index in [4.69, 9.17) is 9.26 Å². The molecule has 1 N–H and O–H groups in total. The molecule has 0 bridgehead atoms. The van der Waals surface area contributed by atoms with Crippen molar-refractivity contribution in [2.75, 3.05) is 25.5 Å². The van der Waals surface area contributed by atoms with Crippen LogP contribution in [0.1, 0.15) is 23.6 Å². The van der Waals surface area contributed by atoms with E-state index in [2.05, 4.69) is 15.5 Å². The van der Waals surface area contributed by atoms with Crippen LogP contribution in [0.2, 0.25) is 0 Å². The molecule has 1 saturated heterocycles. The third kappa shape index (κ3) is 4.54. The van der Waals surface area contributed by atoms with Crippen molar-refractivity contribution in [2.45, 2.75) is 31.6 Å². The van der Waals surface area contributed by atoms with E-state index in [9.17, 15) is 13.2 Å². The summed E-state index contributed by atoms with van der Waals surface area (Å²) in [5.74, 6) is 0.850. The van der Waals surface area contributed by atoms with Crippen LogP contribution in [0.3, 0.4) is 0 Å². The normalized spacial score (nSPS) is 17.3. The van der Waals surface area contributed by atoms with Crippen LogP contribution in [0, 0.1) is 19.8 Å². The zero-order chi connectivity index (χ0) is 22.9. The summed E-state index contributed by atoms with van der Waals surface area (Å²) >= 11 is 1.30. The Hall–Kier alpha value is -2.76. The second-order valence-corrected chi connectivity index (χ2v) is 10.8. The molecule has 1 atom stereocenters. The topological polar surface area (TPSA) is 115 Å². The summed E-state index contributed by atoms with van der Waals surface area (Å²) in [7, 11) is -2.18. The third-order valence-electron chi connectivity index (χ3n) is 5.35. The van der Waals surface area contributed by atoms with Gasteiger partial charge in [0, 0.05) is 30.6 Å². The van der Waals surface area contributed by atoms with Gasteiger partial charge >= 0.3 is 0 Å². The van der Waals surface area contributed by atoms with E-state index >= 15 is 0 Å². The van der Waals surface area contributed by atoms with Crippen molar-refractivity contribution < 1.29 is 22.5 Å². The van der Waals surface area contributed by atoms with Gasteiger partial charge in [-0.3, -0.25) is 4.79 Å². The third-order valence-corrected chi connectivity index (χ3v) is 8.52. The number of aryl methyl sites for hydroxylation is 2. The lowest BCUT2D eigenvalue weighted by Crippen LogP contribution is -2.43. The number of aromatic nitrogens is 2. The predicted octanol–water partition coefficient (Wildman–Crippen LogP) is 3.46. The highest BCUT2D eigenvalue weighted by atomic mass is 32.2. The maximum absolute atomic E-state index is 13.4. The van der Waals surface area contributed by atoms with Crippen molar-refractivity contribution in [3.8, 4) is 16.5 Å². The van der Waals surface area contributed by atoms with Gasteiger partial charge < -0.3 is 14.6 Å². The Morgan fingerprint density at radius 1 is 1.28 bits per heavy atom. The molecule has 11 heteroatoms. The van der Waals surface area contributed by atoms with Crippen molar-refractivity contribution >= 4 is 33.0 Å². The average Bonchev–Trinajstić information content (AvgIpc) is 3.40. The molecule has 3 aromatic rings. The molecule has 1 amide bonds. The van der Waals surface area contributed by atoms with E-state index in [-0.39, 0.29) is 17.3 Å². The fourth-order valence-corrected chi connectivity index (χ4v) is 6.67. The number of nitrogens with one attached hydrogen (secondary N) is 1. The van der Waals surface area contributed by atoms with Crippen molar-refractivity contribution in [1.29, 1.82) is 0 Å². The summed E-state index contributed by atoms with van der Waals surface area (Å²) in [6.45, 7) is 3.95. The lowest BCUT2D eigenvalue weighted by atomic mass is 9.99. The number of piperidine rings is 1. The Morgan fingerprint density at radius 3 is 2.69 bits per heavy atom. The van der Waals surface area contributed by atoms with Gasteiger partial charge in [-0.05, 0) is 50.1 Å². The zero-order valence-electron chi connectivity index (χ0n) is 18.0. The van der Waals surface area contributed by atoms with Gasteiger partial charge in [0.05, 0.1) is 22.8 Å². The number of carbonyl (C=O) groups excluding carboxylic acids is 1. The van der Waals surface area contributed by atoms with Gasteiger partial charge in [-0.15, -0.1) is 11.3 Å². The van der Waals surface area contributed by atoms with E-state index in [1.54, 1.807) is 51.3 Å². The highest BCUT2D eigenvalue weighted by Gasteiger charge is 2.35. The molecule has 0 radical (unpaired) electrons. The second kappa shape index (κ2) is 9.00. The van der Waals surface area contributed by atoms with E-state index in [1.165, 1.54) is 15.6 Å². The largest absolute Gasteiger partial charge is 0.497 e. The zero-order valence-corrected chi connectivity index (χ0v) is 19.6. The van der Waals surface area contributed by atoms with Crippen molar-refractivity contribution in [2.24, 2.45) is 5.92 Å². The van der Waals surface area contributed by atoms with E-state index in [0.29, 0.717) is 52.3 Å². The minimum atomic E-state index is -3.76. The van der Waals surface area contributed by atoms with Crippen molar-refractivity contribution in [3.05, 3.63) is 41.1 Å². The number of hydrogen-bond acceptors (Lipinski definition) is 8. The van der Waals surface area contributed by atoms with Gasteiger partial charge in [-0.1, -0.05) is 5.16 Å². The molecular formula is C21H24N4O5S2. The molecule has 0 spiro atoms. The van der Waals surface area contributed by atoms with E-state index in [1.807, 2.05) is 0 Å². The molecule has 1 aliphatic heterocycles. The number of carbonyl (C=O) groups is 1. The lowest BCUT2D eigenvalue weighted by Gasteiger charge is -2.31. The predicted molar refractivity (Wildman–Crippen MR) is 120 cm³/mol. The molecule has 4 rings (SSSR count). The first-order valence-electron chi connectivity index (χ1n) is 10.1. The standard InChI is InChI=1S/C21H24N4O5S2/c1-13-19(11-18(31-13)20-22-14(2)30-24-20)32(27,28)25-10-4-5-15(12-25)21(26)23-16-6-8-17(29-3)9-7-16/h6-9,11,15H,4-5,10,12H2,1-3H3,(H,23,26)/t15-/m0/s1. The van der Waals surface area contributed by atoms with Gasteiger partial charge in [0.1, 0.15) is 5.75 Å². The Labute approximate surface area is 190 Å². The molecular weight excluding hydrogens is 452 g/mol. The van der Waals surface area contributed by atoms with Crippen LogP contribution >= 0.6 is 11.3 Å². The summed E-state index contributed by atoms with van der Waals surface area (Å²) in [6, 6.07) is 8.61. The summed E-state index contributed by atoms with van der Waals surface area (Å²) in [6.07, 6.45) is 1.24. The number of rotatable bonds is 6. The van der Waals surface area contributed by atoms with Gasteiger partial charge in [0.2, 0.25) is 27.6 Å².